The SMILES string of the molecule is O=C(COc1ccccc1-c1ccccc1)N=Nc1c(O)[nH]c2cc(F)ccc12. The number of nitrogens with one attached hydrogen (secondary N) is 1. The fourth-order valence-electron chi connectivity index (χ4n) is 2.96. The van der Waals surface area contributed by atoms with E-state index in [1.165, 1.54) is 18.2 Å². The molecule has 0 unspecified atom stereocenters. The summed E-state index contributed by atoms with van der Waals surface area (Å²) in [5.74, 6) is -0.822. The van der Waals surface area contributed by atoms with Gasteiger partial charge >= 0.3 is 5.91 Å². The van der Waals surface area contributed by atoms with Crippen molar-refractivity contribution in [3.8, 4) is 22.8 Å². The third-order valence-corrected chi connectivity index (χ3v) is 4.30. The van der Waals surface area contributed by atoms with Gasteiger partial charge in [0, 0.05) is 10.9 Å². The van der Waals surface area contributed by atoms with Crippen LogP contribution < -0.4 is 4.74 Å². The molecule has 1 heterocycles. The van der Waals surface area contributed by atoms with Crippen molar-refractivity contribution in [3.63, 3.8) is 0 Å². The maximum atomic E-state index is 13.3. The first-order valence-electron chi connectivity index (χ1n) is 8.84. The summed E-state index contributed by atoms with van der Waals surface area (Å²) in [6.45, 7) is -0.314. The van der Waals surface area contributed by atoms with E-state index in [0.29, 0.717) is 16.7 Å². The second kappa shape index (κ2) is 7.93. The highest BCUT2D eigenvalue weighted by atomic mass is 19.1. The predicted molar refractivity (Wildman–Crippen MR) is 107 cm³/mol. The van der Waals surface area contributed by atoms with Gasteiger partial charge in [-0.3, -0.25) is 4.79 Å². The number of carbonyl (C=O) groups excluding carboxylic acids is 1. The van der Waals surface area contributed by atoms with Crippen molar-refractivity contribution in [1.29, 1.82) is 0 Å². The molecule has 1 aromatic heterocycles. The van der Waals surface area contributed by atoms with Crippen molar-refractivity contribution in [2.24, 2.45) is 10.2 Å². The standard InChI is InChI=1S/C22H16FN3O3/c23-15-10-11-17-18(12-15)24-22(28)21(17)26-25-20(27)13-29-19-9-5-4-8-16(19)14-6-2-1-3-7-14/h1-12,24,28H,13H2. The first-order chi connectivity index (χ1) is 14.1. The molecule has 0 radical (unpaired) electrons. The molecule has 0 saturated heterocycles. The van der Waals surface area contributed by atoms with Gasteiger partial charge in [-0.1, -0.05) is 48.5 Å². The van der Waals surface area contributed by atoms with Crippen LogP contribution in [0.4, 0.5) is 10.1 Å². The molecule has 0 fully saturated rings. The van der Waals surface area contributed by atoms with Crippen LogP contribution in [-0.2, 0) is 4.79 Å². The average Bonchev–Trinajstić information content (AvgIpc) is 3.05. The van der Waals surface area contributed by atoms with E-state index in [0.717, 1.165) is 11.1 Å². The minimum Gasteiger partial charge on any atom is -0.493 e. The fraction of sp³-hybridized carbons (Fsp3) is 0.0455. The summed E-state index contributed by atoms with van der Waals surface area (Å²) in [5, 5.41) is 17.8. The van der Waals surface area contributed by atoms with Crippen molar-refractivity contribution >= 4 is 22.5 Å². The topological polar surface area (TPSA) is 87.0 Å². The third kappa shape index (κ3) is 3.98. The molecule has 0 atom stereocenters. The van der Waals surface area contributed by atoms with Gasteiger partial charge in [0.1, 0.15) is 11.6 Å². The lowest BCUT2D eigenvalue weighted by Gasteiger charge is -2.10. The number of nitrogens with zero attached hydrogens (tertiary/aromatic N) is 2. The van der Waals surface area contributed by atoms with Crippen LogP contribution >= 0.6 is 0 Å². The number of rotatable bonds is 5. The van der Waals surface area contributed by atoms with Gasteiger partial charge in [0.25, 0.3) is 0 Å². The number of ether oxygens (including phenoxy) is 1. The average molecular weight is 389 g/mol. The van der Waals surface area contributed by atoms with E-state index in [1.54, 1.807) is 6.07 Å². The molecule has 4 aromatic rings. The summed E-state index contributed by atoms with van der Waals surface area (Å²) >= 11 is 0. The van der Waals surface area contributed by atoms with Crippen molar-refractivity contribution in [1.82, 2.24) is 4.98 Å². The lowest BCUT2D eigenvalue weighted by Crippen LogP contribution is -2.08. The first-order valence-corrected chi connectivity index (χ1v) is 8.84. The van der Waals surface area contributed by atoms with Crippen LogP contribution in [0.5, 0.6) is 11.6 Å². The molecular formula is C22H16FN3O3. The maximum Gasteiger partial charge on any atom is 0.302 e. The molecule has 0 spiro atoms. The maximum absolute atomic E-state index is 13.3. The molecule has 29 heavy (non-hydrogen) atoms. The number of hydrogen-bond donors (Lipinski definition) is 2. The van der Waals surface area contributed by atoms with E-state index in [4.69, 9.17) is 4.74 Å². The van der Waals surface area contributed by atoms with Gasteiger partial charge in [-0.2, -0.15) is 0 Å². The molecule has 4 rings (SSSR count). The highest BCUT2D eigenvalue weighted by molar-refractivity contribution is 5.94. The molecule has 1 amide bonds. The lowest BCUT2D eigenvalue weighted by molar-refractivity contribution is -0.120. The fourth-order valence-corrected chi connectivity index (χ4v) is 2.96. The molecule has 0 saturated carbocycles. The molecule has 7 heteroatoms. The summed E-state index contributed by atoms with van der Waals surface area (Å²) in [6, 6.07) is 21.0. The number of H-pyrrole nitrogens is 1. The number of fused-ring (bicyclic) bond motifs is 1. The summed E-state index contributed by atoms with van der Waals surface area (Å²) in [5.41, 5.74) is 2.25. The zero-order valence-electron chi connectivity index (χ0n) is 15.2. The molecule has 0 aliphatic heterocycles. The smallest absolute Gasteiger partial charge is 0.302 e. The van der Waals surface area contributed by atoms with Gasteiger partial charge in [0.2, 0.25) is 5.88 Å². The second-order valence-electron chi connectivity index (χ2n) is 6.26. The molecule has 2 N–H and O–H groups in total. The van der Waals surface area contributed by atoms with Crippen LogP contribution in [0.15, 0.2) is 83.0 Å². The summed E-state index contributed by atoms with van der Waals surface area (Å²) in [6.07, 6.45) is 0. The van der Waals surface area contributed by atoms with Crippen LogP contribution in [-0.4, -0.2) is 22.6 Å². The summed E-state index contributed by atoms with van der Waals surface area (Å²) in [4.78, 5) is 14.7. The second-order valence-corrected chi connectivity index (χ2v) is 6.26. The number of benzene rings is 3. The number of aromatic hydroxyl groups is 1. The van der Waals surface area contributed by atoms with E-state index in [2.05, 4.69) is 15.2 Å². The van der Waals surface area contributed by atoms with Crippen LogP contribution in [0.2, 0.25) is 0 Å². The monoisotopic (exact) mass is 389 g/mol. The molecular weight excluding hydrogens is 373 g/mol. The van der Waals surface area contributed by atoms with Gasteiger partial charge in [0.15, 0.2) is 12.3 Å². The number of halogens is 1. The Morgan fingerprint density at radius 2 is 1.79 bits per heavy atom. The molecule has 0 aliphatic rings. The van der Waals surface area contributed by atoms with Crippen LogP contribution in [0.25, 0.3) is 22.0 Å². The Balaban J connectivity index is 1.49. The quantitative estimate of drug-likeness (QED) is 0.450. The van der Waals surface area contributed by atoms with Crippen LogP contribution in [0, 0.1) is 5.82 Å². The molecule has 0 aliphatic carbocycles. The van der Waals surface area contributed by atoms with Gasteiger partial charge in [-0.25, -0.2) is 4.39 Å². The molecule has 3 aromatic carbocycles. The van der Waals surface area contributed by atoms with Gasteiger partial charge in [-0.15, -0.1) is 10.2 Å². The van der Waals surface area contributed by atoms with Crippen molar-refractivity contribution in [2.75, 3.05) is 6.61 Å². The number of para-hydroxylation sites is 1. The Morgan fingerprint density at radius 1 is 1.03 bits per heavy atom. The van der Waals surface area contributed by atoms with Crippen molar-refractivity contribution < 1.29 is 19.0 Å². The number of carbonyl (C=O) groups is 1. The molecule has 0 bridgehead atoms. The van der Waals surface area contributed by atoms with Crippen LogP contribution in [0.1, 0.15) is 0 Å². The summed E-state index contributed by atoms with van der Waals surface area (Å²) < 4.78 is 18.9. The predicted octanol–water partition coefficient (Wildman–Crippen LogP) is 5.37. The Hall–Kier alpha value is -4.00. The Morgan fingerprint density at radius 3 is 2.62 bits per heavy atom. The zero-order chi connectivity index (χ0) is 20.2. The van der Waals surface area contributed by atoms with Crippen LogP contribution in [0.3, 0.4) is 0 Å². The van der Waals surface area contributed by atoms with Gasteiger partial charge in [0.05, 0.1) is 5.52 Å². The largest absolute Gasteiger partial charge is 0.493 e. The van der Waals surface area contributed by atoms with Crippen molar-refractivity contribution in [2.45, 2.75) is 0 Å². The Bertz CT molecular complexity index is 1200. The highest BCUT2D eigenvalue weighted by Crippen LogP contribution is 2.35. The van der Waals surface area contributed by atoms with E-state index in [-0.39, 0.29) is 18.2 Å². The number of aromatic nitrogens is 1. The normalized spacial score (nSPS) is 11.2. The minimum atomic E-state index is -0.622. The number of aromatic amines is 1. The number of azo groups is 1. The zero-order valence-corrected chi connectivity index (χ0v) is 15.2. The Labute approximate surface area is 165 Å². The Kier molecular flexibility index (Phi) is 5.03. The van der Waals surface area contributed by atoms with Gasteiger partial charge in [-0.05, 0) is 29.8 Å². The van der Waals surface area contributed by atoms with E-state index < -0.39 is 11.7 Å². The van der Waals surface area contributed by atoms with E-state index in [1.807, 2.05) is 48.5 Å². The van der Waals surface area contributed by atoms with E-state index in [9.17, 15) is 14.3 Å². The minimum absolute atomic E-state index is 0.0676. The highest BCUT2D eigenvalue weighted by Gasteiger charge is 2.12. The van der Waals surface area contributed by atoms with E-state index >= 15 is 0 Å². The molecule has 144 valence electrons. The number of hydrogen-bond acceptors (Lipinski definition) is 4. The third-order valence-electron chi connectivity index (χ3n) is 4.30. The van der Waals surface area contributed by atoms with Gasteiger partial charge < -0.3 is 14.8 Å². The molecule has 6 nitrogen and oxygen atoms in total. The lowest BCUT2D eigenvalue weighted by atomic mass is 10.1. The van der Waals surface area contributed by atoms with Crippen molar-refractivity contribution in [3.05, 3.63) is 78.6 Å². The summed E-state index contributed by atoms with van der Waals surface area (Å²) in [7, 11) is 0. The first kappa shape index (κ1) is 18.4. The number of amides is 1.